The lowest BCUT2D eigenvalue weighted by atomic mass is 10.0. The van der Waals surface area contributed by atoms with Crippen LogP contribution in [-0.4, -0.2) is 16.3 Å². The Morgan fingerprint density at radius 1 is 1.18 bits per heavy atom. The molecule has 0 bridgehead atoms. The third-order valence-corrected chi connectivity index (χ3v) is 5.50. The van der Waals surface area contributed by atoms with Gasteiger partial charge < -0.3 is 5.11 Å². The van der Waals surface area contributed by atoms with Gasteiger partial charge in [-0.3, -0.25) is 4.79 Å². The van der Waals surface area contributed by atoms with Crippen molar-refractivity contribution in [3.8, 4) is 0 Å². The molecule has 1 N–H and O–H groups in total. The van der Waals surface area contributed by atoms with Crippen molar-refractivity contribution in [1.82, 2.24) is 0 Å². The summed E-state index contributed by atoms with van der Waals surface area (Å²) in [7, 11) is 2.63. The Balaban J connectivity index is 2.47. The second-order valence-corrected chi connectivity index (χ2v) is 6.70. The maximum Gasteiger partial charge on any atom is 0.322 e. The number of carboxylic acid groups (broad SMARTS) is 1. The minimum atomic E-state index is -0.895. The van der Waals surface area contributed by atoms with E-state index in [1.54, 1.807) is 11.5 Å². The maximum absolute atomic E-state index is 11.1. The van der Waals surface area contributed by atoms with Gasteiger partial charge in [-0.15, -0.1) is 0 Å². The smallest absolute Gasteiger partial charge is 0.322 e. The molecule has 1 heterocycles. The molecule has 2 rings (SSSR count). The van der Waals surface area contributed by atoms with E-state index in [9.17, 15) is 4.79 Å². The zero-order chi connectivity index (χ0) is 12.6. The largest absolute Gasteiger partial charge is 0.480 e. The molecule has 0 spiro atoms. The van der Waals surface area contributed by atoms with Gasteiger partial charge in [-0.25, -0.2) is 0 Å². The zero-order valence-electron chi connectivity index (χ0n) is 8.12. The predicted molar refractivity (Wildman–Crippen MR) is 76.1 cm³/mol. The molecule has 0 radical (unpaired) electrons. The molecule has 0 amide bonds. The van der Waals surface area contributed by atoms with E-state index in [1.807, 2.05) is 0 Å². The lowest BCUT2D eigenvalue weighted by Gasteiger charge is -2.11. The number of benzene rings is 1. The van der Waals surface area contributed by atoms with E-state index in [1.165, 1.54) is 27.7 Å². The first-order chi connectivity index (χ1) is 8.00. The number of aliphatic carboxylic acids is 1. The minimum Gasteiger partial charge on any atom is -0.480 e. The molecule has 90 valence electrons. The highest BCUT2D eigenvalue weighted by molar-refractivity contribution is 8.78. The van der Waals surface area contributed by atoms with Gasteiger partial charge in [-0.05, 0) is 23.1 Å². The standard InChI is InChI=1S/C10H5Cl3O2S2/c11-6-2-8(13)7(12)1-4(6)5-3-16-17-9(5)10(14)15/h1-3,9H,(H,14,15). The van der Waals surface area contributed by atoms with Gasteiger partial charge >= 0.3 is 5.97 Å². The van der Waals surface area contributed by atoms with Crippen molar-refractivity contribution in [2.45, 2.75) is 5.25 Å². The topological polar surface area (TPSA) is 37.3 Å². The molecule has 1 atom stereocenters. The lowest BCUT2D eigenvalue weighted by molar-refractivity contribution is -0.135. The Bertz CT molecular complexity index is 517. The number of hydrogen-bond acceptors (Lipinski definition) is 3. The number of rotatable bonds is 2. The number of carboxylic acids is 1. The van der Waals surface area contributed by atoms with E-state index in [0.717, 1.165) is 0 Å². The number of halogens is 3. The highest BCUT2D eigenvalue weighted by atomic mass is 35.5. The molecule has 0 fully saturated rings. The van der Waals surface area contributed by atoms with Gasteiger partial charge in [0.1, 0.15) is 5.25 Å². The summed E-state index contributed by atoms with van der Waals surface area (Å²) in [6.07, 6.45) is 0. The van der Waals surface area contributed by atoms with E-state index in [0.29, 0.717) is 26.2 Å². The molecule has 7 heteroatoms. The molecule has 0 aliphatic carbocycles. The molecule has 0 saturated carbocycles. The summed E-state index contributed by atoms with van der Waals surface area (Å²) in [5, 5.41) is 11.3. The molecule has 1 aromatic carbocycles. The highest BCUT2D eigenvalue weighted by Gasteiger charge is 2.30. The Labute approximate surface area is 121 Å². The first kappa shape index (κ1) is 13.4. The molecule has 17 heavy (non-hydrogen) atoms. The van der Waals surface area contributed by atoms with Gasteiger partial charge in [0.15, 0.2) is 0 Å². The normalized spacial score (nSPS) is 19.2. The SMILES string of the molecule is O=C(O)C1SSC=C1c1cc(Cl)c(Cl)cc1Cl. The van der Waals surface area contributed by atoms with E-state index < -0.39 is 11.2 Å². The molecule has 0 aromatic heterocycles. The van der Waals surface area contributed by atoms with Crippen molar-refractivity contribution in [3.63, 3.8) is 0 Å². The Kier molecular flexibility index (Phi) is 4.21. The summed E-state index contributed by atoms with van der Waals surface area (Å²) in [6.45, 7) is 0. The van der Waals surface area contributed by atoms with Crippen LogP contribution in [0.1, 0.15) is 5.56 Å². The Morgan fingerprint density at radius 3 is 2.47 bits per heavy atom. The van der Waals surface area contributed by atoms with Crippen LogP contribution in [0.15, 0.2) is 17.5 Å². The fourth-order valence-electron chi connectivity index (χ4n) is 1.37. The predicted octanol–water partition coefficient (Wildman–Crippen LogP) is 4.84. The van der Waals surface area contributed by atoms with E-state index in [-0.39, 0.29) is 0 Å². The average molecular weight is 328 g/mol. The van der Waals surface area contributed by atoms with Gasteiger partial charge in [0.2, 0.25) is 0 Å². The summed E-state index contributed by atoms with van der Waals surface area (Å²) in [5.41, 5.74) is 1.27. The van der Waals surface area contributed by atoms with Crippen LogP contribution in [0.5, 0.6) is 0 Å². The first-order valence-electron chi connectivity index (χ1n) is 4.40. The fraction of sp³-hybridized carbons (Fsp3) is 0.100. The number of carbonyl (C=O) groups is 1. The van der Waals surface area contributed by atoms with E-state index >= 15 is 0 Å². The molecule has 1 aromatic rings. The van der Waals surface area contributed by atoms with Crippen LogP contribution in [0.4, 0.5) is 0 Å². The van der Waals surface area contributed by atoms with Crippen LogP contribution >= 0.6 is 56.4 Å². The van der Waals surface area contributed by atoms with Crippen molar-refractivity contribution in [3.05, 3.63) is 38.2 Å². The van der Waals surface area contributed by atoms with Gasteiger partial charge in [0, 0.05) is 10.6 Å². The van der Waals surface area contributed by atoms with Gasteiger partial charge in [-0.2, -0.15) is 0 Å². The molecule has 1 aliphatic heterocycles. The van der Waals surface area contributed by atoms with Crippen LogP contribution in [0.2, 0.25) is 15.1 Å². The molecule has 0 saturated heterocycles. The second kappa shape index (κ2) is 5.33. The Hall–Kier alpha value is -0.000000000000000167. The summed E-state index contributed by atoms with van der Waals surface area (Å²) in [4.78, 5) is 11.1. The van der Waals surface area contributed by atoms with Gasteiger partial charge in [0.25, 0.3) is 0 Å². The quantitative estimate of drug-likeness (QED) is 0.623. The zero-order valence-corrected chi connectivity index (χ0v) is 12.0. The van der Waals surface area contributed by atoms with E-state index in [2.05, 4.69) is 0 Å². The van der Waals surface area contributed by atoms with Gasteiger partial charge in [0.05, 0.1) is 10.0 Å². The summed E-state index contributed by atoms with van der Waals surface area (Å²) in [5.74, 6) is -0.895. The fourth-order valence-corrected chi connectivity index (χ4v) is 4.40. The van der Waals surface area contributed by atoms with Crippen molar-refractivity contribution in [1.29, 1.82) is 0 Å². The van der Waals surface area contributed by atoms with Crippen molar-refractivity contribution >= 4 is 67.9 Å². The van der Waals surface area contributed by atoms with Crippen molar-refractivity contribution in [2.75, 3.05) is 0 Å². The van der Waals surface area contributed by atoms with Gasteiger partial charge in [-0.1, -0.05) is 56.4 Å². The third kappa shape index (κ3) is 2.71. The van der Waals surface area contributed by atoms with Crippen molar-refractivity contribution in [2.24, 2.45) is 0 Å². The van der Waals surface area contributed by atoms with Crippen LogP contribution in [0.25, 0.3) is 5.57 Å². The summed E-state index contributed by atoms with van der Waals surface area (Å²) in [6, 6.07) is 3.12. The highest BCUT2D eigenvalue weighted by Crippen LogP contribution is 2.47. The first-order valence-corrected chi connectivity index (χ1v) is 7.81. The molecule has 2 nitrogen and oxygen atoms in total. The number of hydrogen-bond donors (Lipinski definition) is 1. The lowest BCUT2D eigenvalue weighted by Crippen LogP contribution is -2.15. The molecular weight excluding hydrogens is 323 g/mol. The molecule has 1 aliphatic rings. The minimum absolute atomic E-state index is 0.353. The average Bonchev–Trinajstić information content (AvgIpc) is 2.72. The molecular formula is C10H5Cl3O2S2. The van der Waals surface area contributed by atoms with Crippen LogP contribution in [-0.2, 0) is 4.79 Å². The second-order valence-electron chi connectivity index (χ2n) is 3.23. The Morgan fingerprint density at radius 2 is 1.82 bits per heavy atom. The molecule has 1 unspecified atom stereocenters. The van der Waals surface area contributed by atoms with Crippen LogP contribution in [0, 0.1) is 0 Å². The summed E-state index contributed by atoms with van der Waals surface area (Å²) < 4.78 is 0. The van der Waals surface area contributed by atoms with Crippen LogP contribution in [0.3, 0.4) is 0 Å². The third-order valence-electron chi connectivity index (χ3n) is 2.15. The van der Waals surface area contributed by atoms with Crippen LogP contribution < -0.4 is 0 Å². The maximum atomic E-state index is 11.1. The monoisotopic (exact) mass is 326 g/mol. The summed E-state index contributed by atoms with van der Waals surface area (Å²) >= 11 is 17.8. The van der Waals surface area contributed by atoms with Crippen molar-refractivity contribution < 1.29 is 9.90 Å². The van der Waals surface area contributed by atoms with E-state index in [4.69, 9.17) is 39.9 Å².